The van der Waals surface area contributed by atoms with Crippen LogP contribution < -0.4 is 10.6 Å². The van der Waals surface area contributed by atoms with Crippen LogP contribution in [0.25, 0.3) is 5.69 Å². The van der Waals surface area contributed by atoms with Crippen molar-refractivity contribution in [3.63, 3.8) is 0 Å². The number of hydrogen-bond acceptors (Lipinski definition) is 3. The van der Waals surface area contributed by atoms with E-state index >= 15 is 0 Å². The van der Waals surface area contributed by atoms with Gasteiger partial charge in [-0.2, -0.15) is 5.10 Å². The third-order valence-electron chi connectivity index (χ3n) is 5.69. The van der Waals surface area contributed by atoms with Gasteiger partial charge in [-0.25, -0.2) is 9.48 Å². The second-order valence-electron chi connectivity index (χ2n) is 9.20. The lowest BCUT2D eigenvalue weighted by atomic mass is 9.92. The zero-order chi connectivity index (χ0) is 22.9. The van der Waals surface area contributed by atoms with Gasteiger partial charge in [-0.15, -0.1) is 0 Å². The number of urea groups is 1. The number of carboxylic acid groups (broad SMARTS) is 1. The van der Waals surface area contributed by atoms with Crippen molar-refractivity contribution < 1.29 is 14.7 Å². The van der Waals surface area contributed by atoms with Crippen LogP contribution in [0.4, 0.5) is 10.6 Å². The average molecular weight is 433 g/mol. The third-order valence-corrected chi connectivity index (χ3v) is 5.69. The van der Waals surface area contributed by atoms with Crippen molar-refractivity contribution in [2.24, 2.45) is 0 Å². The first-order valence-electron chi connectivity index (χ1n) is 10.8. The molecule has 0 bridgehead atoms. The molecule has 7 heteroatoms. The first-order valence-corrected chi connectivity index (χ1v) is 10.8. The van der Waals surface area contributed by atoms with Crippen LogP contribution in [0.1, 0.15) is 55.6 Å². The molecule has 1 atom stereocenters. The van der Waals surface area contributed by atoms with Gasteiger partial charge in [-0.1, -0.05) is 57.2 Å². The fourth-order valence-corrected chi connectivity index (χ4v) is 3.98. The SMILES string of the molecule is CC(C)(C)c1cc(NC(=O)N[C@H]2CCc3ccccc32)n(-c2ccc(CC(=O)O)cc2)n1. The minimum Gasteiger partial charge on any atom is -0.481 e. The Balaban J connectivity index is 1.57. The van der Waals surface area contributed by atoms with E-state index < -0.39 is 5.97 Å². The summed E-state index contributed by atoms with van der Waals surface area (Å²) in [6.07, 6.45) is 1.79. The highest BCUT2D eigenvalue weighted by atomic mass is 16.4. The van der Waals surface area contributed by atoms with Crippen molar-refractivity contribution in [1.82, 2.24) is 15.1 Å². The molecule has 0 saturated heterocycles. The Bertz CT molecular complexity index is 1140. The van der Waals surface area contributed by atoms with Crippen molar-refractivity contribution in [3.05, 3.63) is 77.0 Å². The summed E-state index contributed by atoms with van der Waals surface area (Å²) >= 11 is 0. The van der Waals surface area contributed by atoms with Gasteiger partial charge in [0.2, 0.25) is 0 Å². The Morgan fingerprint density at radius 2 is 1.84 bits per heavy atom. The molecule has 32 heavy (non-hydrogen) atoms. The van der Waals surface area contributed by atoms with Crippen molar-refractivity contribution in [1.29, 1.82) is 0 Å². The van der Waals surface area contributed by atoms with Crippen LogP contribution in [0, 0.1) is 0 Å². The zero-order valence-corrected chi connectivity index (χ0v) is 18.6. The molecule has 0 radical (unpaired) electrons. The van der Waals surface area contributed by atoms with E-state index in [4.69, 9.17) is 10.2 Å². The second-order valence-corrected chi connectivity index (χ2v) is 9.20. The van der Waals surface area contributed by atoms with E-state index in [1.165, 1.54) is 11.1 Å². The summed E-state index contributed by atoms with van der Waals surface area (Å²) in [5.74, 6) is -0.316. The van der Waals surface area contributed by atoms with Crippen LogP contribution in [0.3, 0.4) is 0 Å². The number of aryl methyl sites for hydroxylation is 1. The highest BCUT2D eigenvalue weighted by molar-refractivity contribution is 5.89. The number of nitrogens with zero attached hydrogens (tertiary/aromatic N) is 2. The van der Waals surface area contributed by atoms with Gasteiger partial charge in [-0.05, 0) is 41.7 Å². The molecule has 2 amide bonds. The molecule has 1 aliphatic rings. The first-order chi connectivity index (χ1) is 15.2. The Morgan fingerprint density at radius 1 is 1.12 bits per heavy atom. The number of anilines is 1. The molecule has 1 aromatic heterocycles. The van der Waals surface area contributed by atoms with Gasteiger partial charge in [0, 0.05) is 11.5 Å². The van der Waals surface area contributed by atoms with Gasteiger partial charge in [0.15, 0.2) is 0 Å². The number of rotatable bonds is 5. The summed E-state index contributed by atoms with van der Waals surface area (Å²) in [6, 6.07) is 16.9. The molecule has 7 nitrogen and oxygen atoms in total. The summed E-state index contributed by atoms with van der Waals surface area (Å²) in [7, 11) is 0. The second kappa shape index (κ2) is 8.49. The van der Waals surface area contributed by atoms with Gasteiger partial charge in [-0.3, -0.25) is 10.1 Å². The van der Waals surface area contributed by atoms with Crippen LogP contribution >= 0.6 is 0 Å². The Kier molecular flexibility index (Phi) is 5.74. The summed E-state index contributed by atoms with van der Waals surface area (Å²) in [4.78, 5) is 23.8. The van der Waals surface area contributed by atoms with Crippen molar-refractivity contribution in [2.45, 2.75) is 51.5 Å². The minimum atomic E-state index is -0.876. The molecule has 0 fully saturated rings. The lowest BCUT2D eigenvalue weighted by Crippen LogP contribution is -2.32. The number of carbonyl (C=O) groups excluding carboxylic acids is 1. The fraction of sp³-hybridized carbons (Fsp3) is 0.320. The normalized spacial score (nSPS) is 15.3. The average Bonchev–Trinajstić information content (AvgIpc) is 3.33. The summed E-state index contributed by atoms with van der Waals surface area (Å²) in [5, 5.41) is 19.8. The number of carboxylic acids is 1. The molecule has 3 N–H and O–H groups in total. The maximum Gasteiger partial charge on any atom is 0.320 e. The quantitative estimate of drug-likeness (QED) is 0.549. The number of carbonyl (C=O) groups is 2. The molecule has 0 aliphatic heterocycles. The lowest BCUT2D eigenvalue weighted by Gasteiger charge is -2.15. The smallest absolute Gasteiger partial charge is 0.320 e. The number of aliphatic carboxylic acids is 1. The van der Waals surface area contributed by atoms with Gasteiger partial charge < -0.3 is 10.4 Å². The molecular weight excluding hydrogens is 404 g/mol. The summed E-state index contributed by atoms with van der Waals surface area (Å²) in [5.41, 5.74) is 4.53. The lowest BCUT2D eigenvalue weighted by molar-refractivity contribution is -0.136. The largest absolute Gasteiger partial charge is 0.481 e. The van der Waals surface area contributed by atoms with E-state index in [9.17, 15) is 9.59 Å². The van der Waals surface area contributed by atoms with Crippen molar-refractivity contribution in [3.8, 4) is 5.69 Å². The molecule has 0 spiro atoms. The van der Waals surface area contributed by atoms with E-state index in [1.54, 1.807) is 16.8 Å². The number of hydrogen-bond donors (Lipinski definition) is 3. The molecule has 0 saturated carbocycles. The van der Waals surface area contributed by atoms with E-state index in [-0.39, 0.29) is 23.9 Å². The van der Waals surface area contributed by atoms with E-state index in [0.29, 0.717) is 11.4 Å². The van der Waals surface area contributed by atoms with Crippen molar-refractivity contribution >= 4 is 17.8 Å². The van der Waals surface area contributed by atoms with E-state index in [1.807, 2.05) is 30.3 Å². The first kappa shape index (κ1) is 21.6. The summed E-state index contributed by atoms with van der Waals surface area (Å²) in [6.45, 7) is 6.19. The Hall–Kier alpha value is -3.61. The fourth-order valence-electron chi connectivity index (χ4n) is 3.98. The van der Waals surface area contributed by atoms with Gasteiger partial charge in [0.05, 0.1) is 23.8 Å². The van der Waals surface area contributed by atoms with Crippen LogP contribution in [0.5, 0.6) is 0 Å². The van der Waals surface area contributed by atoms with Gasteiger partial charge in [0.1, 0.15) is 5.82 Å². The van der Waals surface area contributed by atoms with Crippen LogP contribution in [0.2, 0.25) is 0 Å². The van der Waals surface area contributed by atoms with E-state index in [0.717, 1.165) is 24.2 Å². The number of benzene rings is 2. The Morgan fingerprint density at radius 3 is 2.53 bits per heavy atom. The topological polar surface area (TPSA) is 96.2 Å². The van der Waals surface area contributed by atoms with Gasteiger partial charge >= 0.3 is 12.0 Å². The molecule has 1 aliphatic carbocycles. The molecular formula is C25H28N4O3. The molecule has 0 unspecified atom stereocenters. The molecule has 166 valence electrons. The van der Waals surface area contributed by atoms with Crippen LogP contribution in [-0.4, -0.2) is 26.9 Å². The molecule has 4 rings (SSSR count). The summed E-state index contributed by atoms with van der Waals surface area (Å²) < 4.78 is 1.69. The number of amides is 2. The predicted octanol–water partition coefficient (Wildman–Crippen LogP) is 4.61. The van der Waals surface area contributed by atoms with Gasteiger partial charge in [0.25, 0.3) is 0 Å². The third kappa shape index (κ3) is 4.66. The number of nitrogens with one attached hydrogen (secondary N) is 2. The molecule has 3 aromatic rings. The van der Waals surface area contributed by atoms with Crippen LogP contribution in [-0.2, 0) is 23.1 Å². The zero-order valence-electron chi connectivity index (χ0n) is 18.6. The maximum atomic E-state index is 12.9. The van der Waals surface area contributed by atoms with E-state index in [2.05, 4.69) is 43.5 Å². The molecule has 2 aromatic carbocycles. The number of fused-ring (bicyclic) bond motifs is 1. The maximum absolute atomic E-state index is 12.9. The standard InChI is InChI=1S/C25H28N4O3/c1-25(2,3)21-15-22(29(28-21)18-11-8-16(9-12-18)14-23(30)31)27-24(32)26-20-13-10-17-6-4-5-7-19(17)20/h4-9,11-12,15,20H,10,13-14H2,1-3H3,(H,30,31)(H2,26,27,32)/t20-/m0/s1. The highest BCUT2D eigenvalue weighted by Crippen LogP contribution is 2.31. The predicted molar refractivity (Wildman–Crippen MR) is 123 cm³/mol. The van der Waals surface area contributed by atoms with Crippen LogP contribution in [0.15, 0.2) is 54.6 Å². The Labute approximate surface area is 187 Å². The monoisotopic (exact) mass is 432 g/mol. The highest BCUT2D eigenvalue weighted by Gasteiger charge is 2.25. The minimum absolute atomic E-state index is 0.0139. The molecule has 1 heterocycles. The number of aromatic nitrogens is 2. The van der Waals surface area contributed by atoms with Crippen molar-refractivity contribution in [2.75, 3.05) is 5.32 Å².